The highest BCUT2D eigenvalue weighted by Gasteiger charge is 2.09. The average molecular weight is 245 g/mol. The number of nitrogens with one attached hydrogen (secondary N) is 1. The third kappa shape index (κ3) is 4.50. The lowest BCUT2D eigenvalue weighted by Crippen LogP contribution is -2.17. The maximum atomic E-state index is 11.5. The van der Waals surface area contributed by atoms with Crippen LogP contribution in [-0.2, 0) is 14.8 Å². The van der Waals surface area contributed by atoms with Crippen LogP contribution >= 0.6 is 0 Å². The standard InChI is InChI=1S/C10H15NO4S/c1-15-6-3-7-16(13,14)11-9-4-2-5-10(12)8-9/h2,4-5,8,11-12H,3,6-7H2,1H3. The van der Waals surface area contributed by atoms with E-state index in [0.717, 1.165) is 0 Å². The second-order valence-electron chi connectivity index (χ2n) is 3.32. The fourth-order valence-electron chi connectivity index (χ4n) is 1.19. The van der Waals surface area contributed by atoms with Crippen LogP contribution < -0.4 is 4.72 Å². The minimum absolute atomic E-state index is 0.00348. The molecule has 1 aromatic carbocycles. The molecule has 0 aliphatic carbocycles. The lowest BCUT2D eigenvalue weighted by molar-refractivity contribution is 0.199. The molecule has 0 amide bonds. The van der Waals surface area contributed by atoms with Crippen molar-refractivity contribution in [3.05, 3.63) is 24.3 Å². The van der Waals surface area contributed by atoms with Gasteiger partial charge in [0.1, 0.15) is 5.75 Å². The Balaban J connectivity index is 2.59. The minimum atomic E-state index is -3.36. The molecule has 0 atom stereocenters. The SMILES string of the molecule is COCCCS(=O)(=O)Nc1cccc(O)c1. The molecule has 5 nitrogen and oxygen atoms in total. The zero-order valence-electron chi connectivity index (χ0n) is 9.01. The van der Waals surface area contributed by atoms with Crippen LogP contribution in [0.1, 0.15) is 6.42 Å². The highest BCUT2D eigenvalue weighted by atomic mass is 32.2. The Labute approximate surface area is 95.1 Å². The van der Waals surface area contributed by atoms with Gasteiger partial charge in [-0.1, -0.05) is 6.07 Å². The number of hydrogen-bond donors (Lipinski definition) is 2. The maximum absolute atomic E-state index is 11.5. The van der Waals surface area contributed by atoms with Gasteiger partial charge in [-0.25, -0.2) is 8.42 Å². The van der Waals surface area contributed by atoms with Gasteiger partial charge in [0, 0.05) is 19.8 Å². The van der Waals surface area contributed by atoms with E-state index in [4.69, 9.17) is 9.84 Å². The van der Waals surface area contributed by atoms with E-state index in [1.165, 1.54) is 19.2 Å². The largest absolute Gasteiger partial charge is 0.508 e. The van der Waals surface area contributed by atoms with E-state index >= 15 is 0 Å². The summed E-state index contributed by atoms with van der Waals surface area (Å²) in [5.74, 6) is 0.0216. The first-order valence-electron chi connectivity index (χ1n) is 4.82. The van der Waals surface area contributed by atoms with Gasteiger partial charge in [-0.3, -0.25) is 4.72 Å². The highest BCUT2D eigenvalue weighted by Crippen LogP contribution is 2.16. The van der Waals surface area contributed by atoms with Crippen LogP contribution in [-0.4, -0.2) is 33.0 Å². The second kappa shape index (κ2) is 5.72. The smallest absolute Gasteiger partial charge is 0.232 e. The molecule has 0 saturated carbocycles. The summed E-state index contributed by atoms with van der Waals surface area (Å²) in [7, 11) is -1.84. The maximum Gasteiger partial charge on any atom is 0.232 e. The Morgan fingerprint density at radius 2 is 2.19 bits per heavy atom. The summed E-state index contributed by atoms with van der Waals surface area (Å²) in [5, 5.41) is 9.17. The molecule has 2 N–H and O–H groups in total. The molecule has 90 valence electrons. The van der Waals surface area contributed by atoms with Crippen molar-refractivity contribution in [2.75, 3.05) is 24.2 Å². The normalized spacial score (nSPS) is 11.3. The molecule has 0 heterocycles. The first kappa shape index (κ1) is 12.8. The van der Waals surface area contributed by atoms with E-state index in [9.17, 15) is 8.42 Å². The Bertz CT molecular complexity index is 430. The van der Waals surface area contributed by atoms with E-state index in [0.29, 0.717) is 18.7 Å². The molecule has 0 aliphatic rings. The van der Waals surface area contributed by atoms with Gasteiger partial charge in [0.25, 0.3) is 0 Å². The summed E-state index contributed by atoms with van der Waals surface area (Å²) >= 11 is 0. The van der Waals surface area contributed by atoms with Crippen LogP contribution in [0.15, 0.2) is 24.3 Å². The third-order valence-electron chi connectivity index (χ3n) is 1.88. The quantitative estimate of drug-likeness (QED) is 0.738. The summed E-state index contributed by atoms with van der Waals surface area (Å²) in [6.45, 7) is 0.404. The summed E-state index contributed by atoms with van der Waals surface area (Å²) in [6.07, 6.45) is 0.435. The first-order valence-corrected chi connectivity index (χ1v) is 6.47. The van der Waals surface area contributed by atoms with Gasteiger partial charge in [-0.15, -0.1) is 0 Å². The molecule has 1 rings (SSSR count). The molecule has 0 aliphatic heterocycles. The minimum Gasteiger partial charge on any atom is -0.508 e. The van der Waals surface area contributed by atoms with E-state index in [2.05, 4.69) is 4.72 Å². The topological polar surface area (TPSA) is 75.6 Å². The zero-order chi connectivity index (χ0) is 12.0. The van der Waals surface area contributed by atoms with Crippen LogP contribution in [0.4, 0.5) is 5.69 Å². The summed E-state index contributed by atoms with van der Waals surface area (Å²) < 4.78 is 30.2. The lowest BCUT2D eigenvalue weighted by Gasteiger charge is -2.07. The van der Waals surface area contributed by atoms with Crippen molar-refractivity contribution in [2.24, 2.45) is 0 Å². The van der Waals surface area contributed by atoms with Gasteiger partial charge < -0.3 is 9.84 Å². The van der Waals surface area contributed by atoms with Crippen molar-refractivity contribution in [1.29, 1.82) is 0 Å². The number of rotatable bonds is 6. The predicted molar refractivity (Wildman–Crippen MR) is 62.0 cm³/mol. The molecule has 0 radical (unpaired) electrons. The molecule has 0 bridgehead atoms. The Morgan fingerprint density at radius 3 is 2.81 bits per heavy atom. The summed E-state index contributed by atoms with van der Waals surface area (Å²) in [6, 6.07) is 5.98. The van der Waals surface area contributed by atoms with Crippen molar-refractivity contribution < 1.29 is 18.3 Å². The Morgan fingerprint density at radius 1 is 1.44 bits per heavy atom. The second-order valence-corrected chi connectivity index (χ2v) is 5.16. The van der Waals surface area contributed by atoms with Crippen molar-refractivity contribution >= 4 is 15.7 Å². The molecule has 0 unspecified atom stereocenters. The van der Waals surface area contributed by atoms with Crippen LogP contribution in [0.2, 0.25) is 0 Å². The molecular weight excluding hydrogens is 230 g/mol. The van der Waals surface area contributed by atoms with Crippen LogP contribution in [0.25, 0.3) is 0 Å². The summed E-state index contributed by atoms with van der Waals surface area (Å²) in [5.41, 5.74) is 0.359. The van der Waals surface area contributed by atoms with Crippen LogP contribution in [0.5, 0.6) is 5.75 Å². The number of hydrogen-bond acceptors (Lipinski definition) is 4. The Kier molecular flexibility index (Phi) is 4.57. The van der Waals surface area contributed by atoms with Crippen LogP contribution in [0, 0.1) is 0 Å². The number of phenolic OH excluding ortho intramolecular Hbond substituents is 1. The fraction of sp³-hybridized carbons (Fsp3) is 0.400. The summed E-state index contributed by atoms with van der Waals surface area (Å²) in [4.78, 5) is 0. The zero-order valence-corrected chi connectivity index (χ0v) is 9.83. The van der Waals surface area contributed by atoms with Gasteiger partial charge in [-0.2, -0.15) is 0 Å². The van der Waals surface area contributed by atoms with Gasteiger partial charge in [0.15, 0.2) is 0 Å². The van der Waals surface area contributed by atoms with Crippen molar-refractivity contribution in [1.82, 2.24) is 0 Å². The monoisotopic (exact) mass is 245 g/mol. The number of sulfonamides is 1. The van der Waals surface area contributed by atoms with Crippen LogP contribution in [0.3, 0.4) is 0 Å². The molecule has 0 aromatic heterocycles. The number of ether oxygens (including phenoxy) is 1. The van der Waals surface area contributed by atoms with E-state index < -0.39 is 10.0 Å². The molecule has 0 fully saturated rings. The molecule has 1 aromatic rings. The lowest BCUT2D eigenvalue weighted by atomic mass is 10.3. The van der Waals surface area contributed by atoms with Crippen molar-refractivity contribution in [3.63, 3.8) is 0 Å². The number of anilines is 1. The van der Waals surface area contributed by atoms with Gasteiger partial charge >= 0.3 is 0 Å². The van der Waals surface area contributed by atoms with Crippen molar-refractivity contribution in [2.45, 2.75) is 6.42 Å². The van der Waals surface area contributed by atoms with Gasteiger partial charge in [-0.05, 0) is 18.6 Å². The average Bonchev–Trinajstić information content (AvgIpc) is 2.17. The van der Waals surface area contributed by atoms with E-state index in [-0.39, 0.29) is 11.5 Å². The number of methoxy groups -OCH3 is 1. The highest BCUT2D eigenvalue weighted by molar-refractivity contribution is 7.92. The van der Waals surface area contributed by atoms with Gasteiger partial charge in [0.05, 0.1) is 11.4 Å². The molecule has 6 heteroatoms. The van der Waals surface area contributed by atoms with Gasteiger partial charge in [0.2, 0.25) is 10.0 Å². The first-order chi connectivity index (χ1) is 7.53. The van der Waals surface area contributed by atoms with E-state index in [1.54, 1.807) is 12.1 Å². The molecular formula is C10H15NO4S. The molecule has 16 heavy (non-hydrogen) atoms. The fourth-order valence-corrected chi connectivity index (χ4v) is 2.28. The van der Waals surface area contributed by atoms with E-state index in [1.807, 2.05) is 0 Å². The predicted octanol–water partition coefficient (Wildman–Crippen LogP) is 1.17. The molecule has 0 saturated heterocycles. The number of phenols is 1. The molecule has 0 spiro atoms. The Hall–Kier alpha value is -1.27. The number of aromatic hydroxyl groups is 1. The number of benzene rings is 1. The van der Waals surface area contributed by atoms with Crippen molar-refractivity contribution in [3.8, 4) is 5.75 Å². The third-order valence-corrected chi connectivity index (χ3v) is 3.25.